The van der Waals surface area contributed by atoms with Crippen LogP contribution in [0.15, 0.2) is 77.2 Å². The summed E-state index contributed by atoms with van der Waals surface area (Å²) in [6.07, 6.45) is 0. The minimum Gasteiger partial charge on any atom is -0.399 e. The van der Waals surface area contributed by atoms with Crippen LogP contribution in [0, 0.1) is 17.0 Å². The van der Waals surface area contributed by atoms with Crippen LogP contribution in [0.25, 0.3) is 22.7 Å². The van der Waals surface area contributed by atoms with E-state index in [0.717, 1.165) is 16.8 Å². The Hall–Kier alpha value is -4.20. The highest BCUT2D eigenvalue weighted by Gasteiger charge is 2.20. The number of anilines is 1. The first kappa shape index (κ1) is 19.1. The zero-order valence-corrected chi connectivity index (χ0v) is 16.1. The lowest BCUT2D eigenvalue weighted by molar-refractivity contribution is -0.401. The van der Waals surface area contributed by atoms with Crippen molar-refractivity contribution in [3.63, 3.8) is 0 Å². The Kier molecular flexibility index (Phi) is 5.13. The number of hydrogen-bond donors (Lipinski definition) is 1. The summed E-state index contributed by atoms with van der Waals surface area (Å²) < 4.78 is 6.55. The first-order valence-electron chi connectivity index (χ1n) is 9.25. The Morgan fingerprint density at radius 1 is 1.10 bits per heavy atom. The molecule has 8 nitrogen and oxygen atoms in total. The van der Waals surface area contributed by atoms with Gasteiger partial charge in [0, 0.05) is 11.3 Å². The quantitative estimate of drug-likeness (QED) is 0.368. The van der Waals surface area contributed by atoms with E-state index in [1.807, 2.05) is 61.5 Å². The number of carbonyl (C=O) groups is 1. The molecule has 0 radical (unpaired) electrons. The van der Waals surface area contributed by atoms with Crippen LogP contribution >= 0.6 is 0 Å². The van der Waals surface area contributed by atoms with Crippen molar-refractivity contribution >= 4 is 17.5 Å². The third-order valence-corrected chi connectivity index (χ3v) is 4.53. The molecule has 0 saturated carbocycles. The summed E-state index contributed by atoms with van der Waals surface area (Å²) in [6, 6.07) is 21.4. The summed E-state index contributed by atoms with van der Waals surface area (Å²) in [4.78, 5) is 23.2. The van der Waals surface area contributed by atoms with E-state index in [9.17, 15) is 14.9 Å². The fraction of sp³-hybridized carbons (Fsp3) is 0.0909. The Morgan fingerprint density at radius 3 is 2.50 bits per heavy atom. The van der Waals surface area contributed by atoms with Crippen molar-refractivity contribution in [3.05, 3.63) is 88.5 Å². The van der Waals surface area contributed by atoms with Crippen molar-refractivity contribution in [3.8, 4) is 22.7 Å². The Bertz CT molecular complexity index is 1190. The van der Waals surface area contributed by atoms with Crippen molar-refractivity contribution in [2.24, 2.45) is 0 Å². The van der Waals surface area contributed by atoms with Gasteiger partial charge in [0.2, 0.25) is 0 Å². The van der Waals surface area contributed by atoms with Crippen LogP contribution in [0.3, 0.4) is 0 Å². The van der Waals surface area contributed by atoms with E-state index in [4.69, 9.17) is 4.42 Å². The second kappa shape index (κ2) is 8.04. The van der Waals surface area contributed by atoms with Crippen LogP contribution in [-0.4, -0.2) is 27.2 Å². The normalized spacial score (nSPS) is 10.7. The molecule has 0 saturated heterocycles. The van der Waals surface area contributed by atoms with Gasteiger partial charge in [-0.1, -0.05) is 48.0 Å². The molecular formula is C22H18N4O4. The number of nitrogens with zero attached hydrogens (tertiary/aromatic N) is 3. The van der Waals surface area contributed by atoms with Crippen molar-refractivity contribution in [1.29, 1.82) is 0 Å². The van der Waals surface area contributed by atoms with E-state index in [2.05, 4.69) is 10.4 Å². The molecule has 0 atom stereocenters. The predicted octanol–water partition coefficient (Wildman–Crippen LogP) is 4.78. The maximum atomic E-state index is 12.9. The molecule has 0 aliphatic heterocycles. The third-order valence-electron chi connectivity index (χ3n) is 4.53. The summed E-state index contributed by atoms with van der Waals surface area (Å²) in [5, 5.41) is 18.4. The maximum Gasteiger partial charge on any atom is 0.433 e. The molecule has 0 aliphatic carbocycles. The van der Waals surface area contributed by atoms with Gasteiger partial charge in [-0.25, -0.2) is 0 Å². The van der Waals surface area contributed by atoms with Gasteiger partial charge in [-0.3, -0.25) is 14.9 Å². The minimum absolute atomic E-state index is 0.0301. The molecule has 2 aromatic heterocycles. The molecule has 4 rings (SSSR count). The first-order chi connectivity index (χ1) is 14.5. The molecule has 0 bridgehead atoms. The molecule has 0 unspecified atom stereocenters. The van der Waals surface area contributed by atoms with Gasteiger partial charge in [-0.2, -0.15) is 9.78 Å². The van der Waals surface area contributed by atoms with Gasteiger partial charge >= 0.3 is 5.88 Å². The predicted molar refractivity (Wildman–Crippen MR) is 112 cm³/mol. The van der Waals surface area contributed by atoms with Crippen LogP contribution in [0.4, 0.5) is 11.6 Å². The molecule has 1 N–H and O–H groups in total. The van der Waals surface area contributed by atoms with E-state index in [1.165, 1.54) is 16.8 Å². The number of nitrogens with one attached hydrogen (secondary N) is 1. The number of benzene rings is 2. The van der Waals surface area contributed by atoms with Gasteiger partial charge in [0.15, 0.2) is 5.76 Å². The molecule has 0 fully saturated rings. The van der Waals surface area contributed by atoms with Gasteiger partial charge in [-0.15, -0.1) is 0 Å². The van der Waals surface area contributed by atoms with Crippen molar-refractivity contribution in [1.82, 2.24) is 9.78 Å². The molecule has 4 aromatic rings. The van der Waals surface area contributed by atoms with Crippen molar-refractivity contribution < 1.29 is 14.1 Å². The monoisotopic (exact) mass is 402 g/mol. The zero-order valence-electron chi connectivity index (χ0n) is 16.1. The van der Waals surface area contributed by atoms with Crippen LogP contribution in [0.1, 0.15) is 10.4 Å². The largest absolute Gasteiger partial charge is 0.433 e. The molecule has 30 heavy (non-hydrogen) atoms. The third kappa shape index (κ3) is 3.97. The highest BCUT2D eigenvalue weighted by Crippen LogP contribution is 2.29. The topological polar surface area (TPSA) is 103 Å². The summed E-state index contributed by atoms with van der Waals surface area (Å²) in [6.45, 7) is 2.02. The average Bonchev–Trinajstić information content (AvgIpc) is 3.41. The first-order valence-corrected chi connectivity index (χ1v) is 9.25. The van der Waals surface area contributed by atoms with E-state index in [-0.39, 0.29) is 24.1 Å². The molecule has 0 aliphatic rings. The number of furan rings is 1. The summed E-state index contributed by atoms with van der Waals surface area (Å²) in [7, 11) is 0. The SMILES string of the molecule is Cc1ccc(NCC(=O)n2nc(-c3ccc([N+](=O)[O-])o3)cc2-c2ccccc2)cc1. The summed E-state index contributed by atoms with van der Waals surface area (Å²) in [5.41, 5.74) is 3.65. The van der Waals surface area contributed by atoms with Crippen LogP contribution in [-0.2, 0) is 0 Å². The molecule has 0 spiro atoms. The lowest BCUT2D eigenvalue weighted by atomic mass is 10.1. The van der Waals surface area contributed by atoms with Gasteiger partial charge in [0.05, 0.1) is 18.3 Å². The summed E-state index contributed by atoms with van der Waals surface area (Å²) >= 11 is 0. The molecule has 0 amide bonds. The molecule has 8 heteroatoms. The Balaban J connectivity index is 1.66. The molecule has 2 aromatic carbocycles. The Morgan fingerprint density at radius 2 is 1.83 bits per heavy atom. The van der Waals surface area contributed by atoms with Crippen LogP contribution < -0.4 is 5.32 Å². The minimum atomic E-state index is -0.616. The number of hydrogen-bond acceptors (Lipinski definition) is 6. The van der Waals surface area contributed by atoms with Gasteiger partial charge < -0.3 is 9.73 Å². The molecule has 150 valence electrons. The number of carbonyl (C=O) groups excluding carboxylic acids is 1. The van der Waals surface area contributed by atoms with Gasteiger partial charge in [0.25, 0.3) is 5.91 Å². The smallest absolute Gasteiger partial charge is 0.399 e. The average molecular weight is 402 g/mol. The van der Waals surface area contributed by atoms with Crippen molar-refractivity contribution in [2.75, 3.05) is 11.9 Å². The van der Waals surface area contributed by atoms with E-state index >= 15 is 0 Å². The standard InChI is InChI=1S/C22H18N4O4/c1-15-7-9-17(10-8-15)23-14-21(27)25-19(16-5-3-2-4-6-16)13-18(24-25)20-11-12-22(30-20)26(28)29/h2-13,23H,14H2,1H3. The number of rotatable bonds is 6. The van der Waals surface area contributed by atoms with E-state index in [0.29, 0.717) is 11.4 Å². The number of aromatic nitrogens is 2. The van der Waals surface area contributed by atoms with Crippen LogP contribution in [0.2, 0.25) is 0 Å². The lowest BCUT2D eigenvalue weighted by Crippen LogP contribution is -2.22. The fourth-order valence-electron chi connectivity index (χ4n) is 2.99. The van der Waals surface area contributed by atoms with E-state index in [1.54, 1.807) is 6.07 Å². The number of aryl methyl sites for hydroxylation is 1. The fourth-order valence-corrected chi connectivity index (χ4v) is 2.99. The molecular weight excluding hydrogens is 384 g/mol. The van der Waals surface area contributed by atoms with E-state index < -0.39 is 4.92 Å². The Labute approximate surface area is 171 Å². The van der Waals surface area contributed by atoms with Crippen molar-refractivity contribution in [2.45, 2.75) is 6.92 Å². The summed E-state index contributed by atoms with van der Waals surface area (Å²) in [5.74, 6) is -0.438. The zero-order chi connectivity index (χ0) is 21.1. The maximum absolute atomic E-state index is 12.9. The number of nitro groups is 1. The second-order valence-electron chi connectivity index (χ2n) is 6.70. The highest BCUT2D eigenvalue weighted by atomic mass is 16.6. The second-order valence-corrected chi connectivity index (χ2v) is 6.70. The van der Waals surface area contributed by atoms with Gasteiger partial charge in [0.1, 0.15) is 10.6 Å². The highest BCUT2D eigenvalue weighted by molar-refractivity contribution is 5.87. The van der Waals surface area contributed by atoms with Gasteiger partial charge in [-0.05, 0) is 31.2 Å². The van der Waals surface area contributed by atoms with Crippen LogP contribution in [0.5, 0.6) is 0 Å². The molecule has 2 heterocycles. The lowest BCUT2D eigenvalue weighted by Gasteiger charge is -2.09.